The molecule has 0 aromatic heterocycles. The molecule has 1 rings (SSSR count). The van der Waals surface area contributed by atoms with E-state index in [0.717, 1.165) is 6.42 Å². The Balaban J connectivity index is 0.00000529. The second-order valence-corrected chi connectivity index (χ2v) is 7.72. The van der Waals surface area contributed by atoms with Crippen LogP contribution in [0.15, 0.2) is 35.3 Å². The number of halogens is 1. The van der Waals surface area contributed by atoms with Gasteiger partial charge in [-0.2, -0.15) is 0 Å². The van der Waals surface area contributed by atoms with Crippen molar-refractivity contribution in [2.24, 2.45) is 4.99 Å². The molecule has 0 heterocycles. The zero-order valence-electron chi connectivity index (χ0n) is 14.8. The number of aliphatic imine (C=N–C) groups is 1. The Labute approximate surface area is 163 Å². The minimum atomic E-state index is -3.10. The summed E-state index contributed by atoms with van der Waals surface area (Å²) in [5.41, 5.74) is 1.18. The van der Waals surface area contributed by atoms with Gasteiger partial charge in [0.25, 0.3) is 0 Å². The zero-order valence-corrected chi connectivity index (χ0v) is 18.0. The Morgan fingerprint density at radius 2 is 1.92 bits per heavy atom. The smallest absolute Gasteiger partial charge is 0.213 e. The third-order valence-corrected chi connectivity index (χ3v) is 5.52. The Morgan fingerprint density at radius 3 is 2.46 bits per heavy atom. The van der Waals surface area contributed by atoms with Crippen LogP contribution in [0.2, 0.25) is 0 Å². The highest BCUT2D eigenvalue weighted by Crippen LogP contribution is 2.10. The highest BCUT2D eigenvalue weighted by molar-refractivity contribution is 14.0. The molecule has 1 atom stereocenters. The van der Waals surface area contributed by atoms with E-state index < -0.39 is 10.0 Å². The van der Waals surface area contributed by atoms with E-state index in [9.17, 15) is 8.42 Å². The van der Waals surface area contributed by atoms with Crippen molar-refractivity contribution in [3.8, 4) is 0 Å². The largest absolute Gasteiger partial charge is 0.356 e. The van der Waals surface area contributed by atoms with E-state index in [1.54, 1.807) is 21.0 Å². The standard InChI is InChI=1S/C16H28N4O2S.HI/c1-5-23(21,22)20(4)13-9-12-18-16(17-3)19-14(2)15-10-7-6-8-11-15;/h6-8,10-11,14H,5,9,12-13H2,1-4H3,(H2,17,18,19);1H. The maximum Gasteiger partial charge on any atom is 0.213 e. The summed E-state index contributed by atoms with van der Waals surface area (Å²) in [5.74, 6) is 0.844. The Hall–Kier alpha value is -0.870. The Kier molecular flexibility index (Phi) is 11.2. The normalized spacial score (nSPS) is 13.3. The molecule has 1 aromatic rings. The van der Waals surface area contributed by atoms with Gasteiger partial charge in [-0.15, -0.1) is 24.0 Å². The van der Waals surface area contributed by atoms with Gasteiger partial charge in [-0.05, 0) is 25.8 Å². The predicted molar refractivity (Wildman–Crippen MR) is 111 cm³/mol. The fraction of sp³-hybridized carbons (Fsp3) is 0.562. The molecule has 0 bridgehead atoms. The van der Waals surface area contributed by atoms with Gasteiger partial charge < -0.3 is 10.6 Å². The summed E-state index contributed by atoms with van der Waals surface area (Å²) in [6.07, 6.45) is 0.718. The summed E-state index contributed by atoms with van der Waals surface area (Å²) in [6, 6.07) is 10.3. The Bertz CT molecular complexity index is 593. The first kappa shape index (κ1) is 23.1. The van der Waals surface area contributed by atoms with Gasteiger partial charge in [0.15, 0.2) is 5.96 Å². The minimum Gasteiger partial charge on any atom is -0.356 e. The number of guanidine groups is 1. The first-order valence-corrected chi connectivity index (χ1v) is 9.47. The molecule has 8 heteroatoms. The number of nitrogens with zero attached hydrogens (tertiary/aromatic N) is 2. The van der Waals surface area contributed by atoms with E-state index in [2.05, 4.69) is 34.7 Å². The predicted octanol–water partition coefficient (Wildman–Crippen LogP) is 2.20. The van der Waals surface area contributed by atoms with E-state index in [1.807, 2.05) is 18.2 Å². The molecule has 0 spiro atoms. The van der Waals surface area contributed by atoms with Crippen molar-refractivity contribution in [3.63, 3.8) is 0 Å². The summed E-state index contributed by atoms with van der Waals surface area (Å²) >= 11 is 0. The van der Waals surface area contributed by atoms with E-state index >= 15 is 0 Å². The van der Waals surface area contributed by atoms with Gasteiger partial charge in [0.2, 0.25) is 10.0 Å². The van der Waals surface area contributed by atoms with Crippen LogP contribution < -0.4 is 10.6 Å². The molecule has 2 N–H and O–H groups in total. The lowest BCUT2D eigenvalue weighted by Gasteiger charge is -2.19. The molecule has 0 aliphatic rings. The average Bonchev–Trinajstić information content (AvgIpc) is 2.57. The van der Waals surface area contributed by atoms with Crippen molar-refractivity contribution in [3.05, 3.63) is 35.9 Å². The molecular weight excluding hydrogens is 439 g/mol. The average molecular weight is 468 g/mol. The van der Waals surface area contributed by atoms with Crippen molar-refractivity contribution in [2.75, 3.05) is 32.9 Å². The van der Waals surface area contributed by atoms with E-state index in [1.165, 1.54) is 9.87 Å². The van der Waals surface area contributed by atoms with Gasteiger partial charge in [0.05, 0.1) is 11.8 Å². The summed E-state index contributed by atoms with van der Waals surface area (Å²) in [7, 11) is 0.238. The van der Waals surface area contributed by atoms with Crippen LogP contribution in [0.3, 0.4) is 0 Å². The summed E-state index contributed by atoms with van der Waals surface area (Å²) < 4.78 is 24.7. The van der Waals surface area contributed by atoms with Crippen LogP contribution in [-0.4, -0.2) is 51.6 Å². The van der Waals surface area contributed by atoms with Crippen molar-refractivity contribution >= 4 is 40.0 Å². The van der Waals surface area contributed by atoms with Crippen LogP contribution in [0, 0.1) is 0 Å². The molecular formula is C16H29IN4O2S. The lowest BCUT2D eigenvalue weighted by molar-refractivity contribution is 0.461. The monoisotopic (exact) mass is 468 g/mol. The van der Waals surface area contributed by atoms with Gasteiger partial charge in [-0.3, -0.25) is 4.99 Å². The van der Waals surface area contributed by atoms with Gasteiger partial charge in [0, 0.05) is 27.2 Å². The first-order chi connectivity index (χ1) is 10.9. The lowest BCUT2D eigenvalue weighted by Crippen LogP contribution is -2.40. The maximum absolute atomic E-state index is 11.7. The molecule has 6 nitrogen and oxygen atoms in total. The van der Waals surface area contributed by atoms with Crippen LogP contribution in [0.5, 0.6) is 0 Å². The second kappa shape index (κ2) is 11.6. The molecule has 0 saturated carbocycles. The molecule has 0 radical (unpaired) electrons. The summed E-state index contributed by atoms with van der Waals surface area (Å²) in [4.78, 5) is 4.20. The fourth-order valence-electron chi connectivity index (χ4n) is 2.09. The van der Waals surface area contributed by atoms with Crippen LogP contribution in [0.4, 0.5) is 0 Å². The lowest BCUT2D eigenvalue weighted by atomic mass is 10.1. The van der Waals surface area contributed by atoms with Crippen molar-refractivity contribution < 1.29 is 8.42 Å². The molecule has 138 valence electrons. The summed E-state index contributed by atoms with van der Waals surface area (Å²) in [6.45, 7) is 4.88. The van der Waals surface area contributed by atoms with E-state index in [0.29, 0.717) is 19.0 Å². The molecule has 0 saturated heterocycles. The van der Waals surface area contributed by atoms with Gasteiger partial charge in [0.1, 0.15) is 0 Å². The third-order valence-electron chi connectivity index (χ3n) is 3.66. The molecule has 0 aliphatic heterocycles. The number of benzene rings is 1. The van der Waals surface area contributed by atoms with Crippen LogP contribution >= 0.6 is 24.0 Å². The molecule has 1 aromatic carbocycles. The fourth-order valence-corrected chi connectivity index (χ4v) is 2.94. The van der Waals surface area contributed by atoms with Gasteiger partial charge in [-0.1, -0.05) is 30.3 Å². The topological polar surface area (TPSA) is 73.8 Å². The van der Waals surface area contributed by atoms with Crippen LogP contribution in [0.1, 0.15) is 31.9 Å². The molecule has 0 amide bonds. The minimum absolute atomic E-state index is 0. The molecule has 0 aliphatic carbocycles. The van der Waals surface area contributed by atoms with Crippen molar-refractivity contribution in [1.82, 2.24) is 14.9 Å². The van der Waals surface area contributed by atoms with Gasteiger partial charge in [-0.25, -0.2) is 12.7 Å². The third kappa shape index (κ3) is 7.80. The SMILES string of the molecule is CCS(=O)(=O)N(C)CCCNC(=NC)NC(C)c1ccccc1.I. The molecule has 1 unspecified atom stereocenters. The highest BCUT2D eigenvalue weighted by atomic mass is 127. The highest BCUT2D eigenvalue weighted by Gasteiger charge is 2.14. The summed E-state index contributed by atoms with van der Waals surface area (Å²) in [5, 5.41) is 6.53. The zero-order chi connectivity index (χ0) is 17.3. The number of hydrogen-bond donors (Lipinski definition) is 2. The van der Waals surface area contributed by atoms with E-state index in [4.69, 9.17) is 0 Å². The molecule has 24 heavy (non-hydrogen) atoms. The quantitative estimate of drug-likeness (QED) is 0.266. The maximum atomic E-state index is 11.7. The van der Waals surface area contributed by atoms with Crippen LogP contribution in [-0.2, 0) is 10.0 Å². The van der Waals surface area contributed by atoms with Gasteiger partial charge >= 0.3 is 0 Å². The number of rotatable bonds is 8. The number of sulfonamides is 1. The number of hydrogen-bond acceptors (Lipinski definition) is 3. The van der Waals surface area contributed by atoms with Crippen molar-refractivity contribution in [1.29, 1.82) is 0 Å². The Morgan fingerprint density at radius 1 is 1.29 bits per heavy atom. The first-order valence-electron chi connectivity index (χ1n) is 7.86. The van der Waals surface area contributed by atoms with E-state index in [-0.39, 0.29) is 35.8 Å². The number of nitrogens with one attached hydrogen (secondary N) is 2. The molecule has 0 fully saturated rings. The second-order valence-electron chi connectivity index (χ2n) is 5.35. The van der Waals surface area contributed by atoms with Crippen molar-refractivity contribution in [2.45, 2.75) is 26.3 Å². The van der Waals surface area contributed by atoms with Crippen LogP contribution in [0.25, 0.3) is 0 Å².